The van der Waals surface area contributed by atoms with Crippen molar-refractivity contribution in [2.45, 2.75) is 31.6 Å². The quantitative estimate of drug-likeness (QED) is 0.568. The van der Waals surface area contributed by atoms with Crippen molar-refractivity contribution in [3.8, 4) is 6.07 Å². The van der Waals surface area contributed by atoms with Crippen molar-refractivity contribution in [2.75, 3.05) is 24.6 Å². The summed E-state index contributed by atoms with van der Waals surface area (Å²) in [7, 11) is -4.16. The summed E-state index contributed by atoms with van der Waals surface area (Å²) in [5.74, 6) is -1.32. The highest BCUT2D eigenvalue weighted by molar-refractivity contribution is 7.90. The molecule has 2 heterocycles. The van der Waals surface area contributed by atoms with Crippen LogP contribution >= 0.6 is 23.2 Å². The molecule has 34 heavy (non-hydrogen) atoms. The molecule has 1 aromatic carbocycles. The Labute approximate surface area is 207 Å². The van der Waals surface area contributed by atoms with Gasteiger partial charge in [0.1, 0.15) is 16.8 Å². The number of nitrogens with one attached hydrogen (secondary N) is 1. The lowest BCUT2D eigenvalue weighted by Gasteiger charge is -2.32. The Hall–Kier alpha value is -2.87. The third-order valence-electron chi connectivity index (χ3n) is 5.39. The predicted molar refractivity (Wildman–Crippen MR) is 126 cm³/mol. The molecule has 3 rings (SSSR count). The van der Waals surface area contributed by atoms with Gasteiger partial charge in [-0.15, -0.1) is 0 Å². The van der Waals surface area contributed by atoms with Gasteiger partial charge in [0, 0.05) is 24.0 Å². The van der Waals surface area contributed by atoms with Gasteiger partial charge in [0.2, 0.25) is 5.91 Å². The number of rotatable bonds is 6. The number of nitrogens with zero attached hydrogens (tertiary/aromatic N) is 3. The molecular weight excluding hydrogens is 503 g/mol. The number of sulfonamides is 1. The number of piperidine rings is 1. The second-order valence-electron chi connectivity index (χ2n) is 7.63. The number of esters is 1. The molecule has 12 heteroatoms. The number of amides is 1. The number of anilines is 1. The third-order valence-corrected chi connectivity index (χ3v) is 7.46. The molecule has 0 bridgehead atoms. The van der Waals surface area contributed by atoms with Gasteiger partial charge in [0.05, 0.1) is 28.5 Å². The molecular formula is C22H22Cl2N4O5S. The predicted octanol–water partition coefficient (Wildman–Crippen LogP) is 3.47. The van der Waals surface area contributed by atoms with Crippen LogP contribution in [-0.2, 0) is 19.6 Å². The molecule has 0 radical (unpaired) electrons. The summed E-state index contributed by atoms with van der Waals surface area (Å²) in [5.41, 5.74) is 0.872. The Kier molecular flexibility index (Phi) is 8.02. The van der Waals surface area contributed by atoms with Gasteiger partial charge in [-0.3, -0.25) is 4.79 Å². The molecule has 180 valence electrons. The number of aromatic nitrogens is 1. The van der Waals surface area contributed by atoms with Gasteiger partial charge in [0.15, 0.2) is 0 Å². The highest BCUT2D eigenvalue weighted by Gasteiger charge is 2.31. The average molecular weight is 525 g/mol. The minimum atomic E-state index is -4.16. The first-order valence-corrected chi connectivity index (χ1v) is 12.7. The van der Waals surface area contributed by atoms with Crippen LogP contribution in [0.4, 0.5) is 5.82 Å². The molecule has 0 aliphatic carbocycles. The lowest BCUT2D eigenvalue weighted by Crippen LogP contribution is -2.43. The smallest absolute Gasteiger partial charge is 0.340 e. The van der Waals surface area contributed by atoms with E-state index in [4.69, 9.17) is 27.9 Å². The summed E-state index contributed by atoms with van der Waals surface area (Å²) in [4.78, 5) is 30.8. The number of carbonyl (C=O) groups is 2. The first-order valence-electron chi connectivity index (χ1n) is 10.4. The largest absolute Gasteiger partial charge is 0.462 e. The van der Waals surface area contributed by atoms with Crippen molar-refractivity contribution in [1.29, 1.82) is 5.26 Å². The van der Waals surface area contributed by atoms with Crippen molar-refractivity contribution < 1.29 is 22.7 Å². The molecule has 2 aromatic rings. The summed E-state index contributed by atoms with van der Waals surface area (Å²) < 4.78 is 32.3. The Morgan fingerprint density at radius 1 is 1.26 bits per heavy atom. The Morgan fingerprint density at radius 2 is 1.94 bits per heavy atom. The first kappa shape index (κ1) is 25.7. The number of pyridine rings is 1. The van der Waals surface area contributed by atoms with Crippen LogP contribution in [0.25, 0.3) is 0 Å². The molecule has 1 aliphatic rings. The molecule has 1 fully saturated rings. The monoisotopic (exact) mass is 524 g/mol. The van der Waals surface area contributed by atoms with E-state index in [1.54, 1.807) is 13.8 Å². The van der Waals surface area contributed by atoms with Crippen molar-refractivity contribution >= 4 is 50.9 Å². The van der Waals surface area contributed by atoms with Gasteiger partial charge >= 0.3 is 5.97 Å². The zero-order valence-electron chi connectivity index (χ0n) is 18.5. The van der Waals surface area contributed by atoms with Gasteiger partial charge in [-0.1, -0.05) is 23.2 Å². The number of nitriles is 1. The van der Waals surface area contributed by atoms with E-state index in [2.05, 4.69) is 15.8 Å². The van der Waals surface area contributed by atoms with Crippen LogP contribution in [0.3, 0.4) is 0 Å². The molecule has 1 N–H and O–H groups in total. The SMILES string of the molecule is CCOC(=O)c1cc(C#N)c(N2CCC(C(=O)NS(=O)(=O)c3ccc(Cl)cc3Cl)CC2)nc1C. The number of hydrogen-bond acceptors (Lipinski definition) is 8. The number of aryl methyl sites for hydroxylation is 1. The highest BCUT2D eigenvalue weighted by Crippen LogP contribution is 2.28. The van der Waals surface area contributed by atoms with E-state index in [1.165, 1.54) is 24.3 Å². The third kappa shape index (κ3) is 5.60. The van der Waals surface area contributed by atoms with Crippen molar-refractivity contribution in [3.63, 3.8) is 0 Å². The molecule has 1 aromatic heterocycles. The maximum atomic E-state index is 12.7. The summed E-state index contributed by atoms with van der Waals surface area (Å²) in [6, 6.07) is 7.41. The van der Waals surface area contributed by atoms with Crippen LogP contribution in [0.15, 0.2) is 29.2 Å². The number of carbonyl (C=O) groups excluding carboxylic acids is 2. The van der Waals surface area contributed by atoms with Crippen LogP contribution in [-0.4, -0.2) is 45.0 Å². The fourth-order valence-corrected chi connectivity index (χ4v) is 5.47. The summed E-state index contributed by atoms with van der Waals surface area (Å²) >= 11 is 11.8. The molecule has 0 saturated carbocycles. The van der Waals surface area contributed by atoms with Crippen LogP contribution in [0, 0.1) is 24.2 Å². The minimum absolute atomic E-state index is 0.0839. The maximum absolute atomic E-state index is 12.7. The van der Waals surface area contributed by atoms with E-state index in [-0.39, 0.29) is 32.7 Å². The molecule has 0 unspecified atom stereocenters. The molecule has 0 atom stereocenters. The fraction of sp³-hybridized carbons (Fsp3) is 0.364. The van der Waals surface area contributed by atoms with Crippen molar-refractivity contribution in [2.24, 2.45) is 5.92 Å². The second kappa shape index (κ2) is 10.6. The first-order chi connectivity index (χ1) is 16.1. The number of benzene rings is 1. The topological polar surface area (TPSA) is 129 Å². The molecule has 1 amide bonds. The van der Waals surface area contributed by atoms with Gasteiger partial charge in [0.25, 0.3) is 10.0 Å². The van der Waals surface area contributed by atoms with E-state index in [1.807, 2.05) is 4.90 Å². The standard InChI is InChI=1S/C22H22Cl2N4O5S/c1-3-33-22(30)17-10-15(12-25)20(26-13(17)2)28-8-6-14(7-9-28)21(29)27-34(31,32)19-5-4-16(23)11-18(19)24/h4-5,10-11,14H,3,6-9H2,1-2H3,(H,27,29). The molecule has 9 nitrogen and oxygen atoms in total. The van der Waals surface area contributed by atoms with Crippen molar-refractivity contribution in [1.82, 2.24) is 9.71 Å². The van der Waals surface area contributed by atoms with E-state index in [0.717, 1.165) is 0 Å². The van der Waals surface area contributed by atoms with Gasteiger partial charge in [-0.25, -0.2) is 22.9 Å². The summed E-state index contributed by atoms with van der Waals surface area (Å²) in [6.45, 7) is 4.30. The lowest BCUT2D eigenvalue weighted by molar-refractivity contribution is -0.123. The zero-order valence-corrected chi connectivity index (χ0v) is 20.8. The zero-order chi connectivity index (χ0) is 25.0. The fourth-order valence-electron chi connectivity index (χ4n) is 3.65. The van der Waals surface area contributed by atoms with Crippen molar-refractivity contribution in [3.05, 3.63) is 51.1 Å². The van der Waals surface area contributed by atoms with E-state index in [0.29, 0.717) is 37.4 Å². The number of halogens is 2. The van der Waals surface area contributed by atoms with Gasteiger partial charge in [-0.05, 0) is 51.0 Å². The Morgan fingerprint density at radius 3 is 2.53 bits per heavy atom. The van der Waals surface area contributed by atoms with Crippen LogP contribution in [0.2, 0.25) is 10.0 Å². The minimum Gasteiger partial charge on any atom is -0.462 e. The molecule has 1 aliphatic heterocycles. The van der Waals surface area contributed by atoms with E-state index < -0.39 is 27.8 Å². The number of hydrogen-bond donors (Lipinski definition) is 1. The van der Waals surface area contributed by atoms with Crippen LogP contribution in [0.1, 0.15) is 41.4 Å². The van der Waals surface area contributed by atoms with E-state index in [9.17, 15) is 23.3 Å². The molecule has 0 spiro atoms. The van der Waals surface area contributed by atoms with Gasteiger partial charge < -0.3 is 9.64 Å². The average Bonchev–Trinajstić information content (AvgIpc) is 2.78. The Bertz CT molecular complexity index is 1270. The highest BCUT2D eigenvalue weighted by atomic mass is 35.5. The maximum Gasteiger partial charge on any atom is 0.340 e. The van der Waals surface area contributed by atoms with Gasteiger partial charge in [-0.2, -0.15) is 5.26 Å². The molecule has 1 saturated heterocycles. The Balaban J connectivity index is 1.70. The summed E-state index contributed by atoms with van der Waals surface area (Å²) in [6.07, 6.45) is 0.696. The van der Waals surface area contributed by atoms with Crippen LogP contribution < -0.4 is 9.62 Å². The lowest BCUT2D eigenvalue weighted by atomic mass is 9.96. The van der Waals surface area contributed by atoms with E-state index >= 15 is 0 Å². The number of ether oxygens (including phenoxy) is 1. The summed E-state index contributed by atoms with van der Waals surface area (Å²) in [5, 5.41) is 9.77. The van der Waals surface area contributed by atoms with Crippen LogP contribution in [0.5, 0.6) is 0 Å². The second-order valence-corrected chi connectivity index (χ2v) is 10.1. The normalized spacial score (nSPS) is 14.4.